The molecule has 5 heteroatoms. The van der Waals surface area contributed by atoms with Crippen molar-refractivity contribution in [1.82, 2.24) is 4.98 Å². The first-order valence-electron chi connectivity index (χ1n) is 8.09. The summed E-state index contributed by atoms with van der Waals surface area (Å²) in [5, 5.41) is 3.35. The Morgan fingerprint density at radius 3 is 2.56 bits per heavy atom. The molecule has 128 valence electrons. The molecule has 0 spiro atoms. The fraction of sp³-hybridized carbons (Fsp3) is 0.200. The first-order valence-corrected chi connectivity index (χ1v) is 8.47. The minimum absolute atomic E-state index is 0.124. The van der Waals surface area contributed by atoms with E-state index < -0.39 is 0 Å². The van der Waals surface area contributed by atoms with Crippen LogP contribution in [0.15, 0.2) is 53.1 Å². The number of nitrogens with one attached hydrogen (secondary N) is 1. The lowest BCUT2D eigenvalue weighted by molar-refractivity contribution is -0.116. The highest BCUT2D eigenvalue weighted by molar-refractivity contribution is 6.33. The van der Waals surface area contributed by atoms with E-state index in [1.165, 1.54) is 5.56 Å². The van der Waals surface area contributed by atoms with Crippen molar-refractivity contribution in [3.8, 4) is 11.3 Å². The summed E-state index contributed by atoms with van der Waals surface area (Å²) < 4.78 is 5.73. The highest BCUT2D eigenvalue weighted by atomic mass is 35.5. The number of amides is 1. The van der Waals surface area contributed by atoms with Crippen LogP contribution in [-0.2, 0) is 11.2 Å². The average molecular weight is 355 g/mol. The maximum absolute atomic E-state index is 12.1. The Hall–Kier alpha value is -2.59. The van der Waals surface area contributed by atoms with Gasteiger partial charge in [-0.3, -0.25) is 4.79 Å². The third-order valence-corrected chi connectivity index (χ3v) is 4.17. The lowest BCUT2D eigenvalue weighted by Crippen LogP contribution is -2.12. The van der Waals surface area contributed by atoms with E-state index in [2.05, 4.69) is 10.3 Å². The number of halogens is 1. The van der Waals surface area contributed by atoms with Crippen molar-refractivity contribution in [1.29, 1.82) is 0 Å². The fourth-order valence-electron chi connectivity index (χ4n) is 2.43. The van der Waals surface area contributed by atoms with E-state index in [1.54, 1.807) is 12.3 Å². The van der Waals surface area contributed by atoms with E-state index in [-0.39, 0.29) is 12.3 Å². The SMILES string of the molecule is Cc1ccc(-c2cnc(CCC(=O)Nc3ccc(C)cc3Cl)o2)cc1. The topological polar surface area (TPSA) is 55.1 Å². The normalized spacial score (nSPS) is 10.7. The summed E-state index contributed by atoms with van der Waals surface area (Å²) in [5.74, 6) is 1.12. The summed E-state index contributed by atoms with van der Waals surface area (Å²) in [5.41, 5.74) is 3.83. The summed E-state index contributed by atoms with van der Waals surface area (Å²) in [6.07, 6.45) is 2.40. The number of aryl methyl sites for hydroxylation is 3. The number of hydrogen-bond donors (Lipinski definition) is 1. The van der Waals surface area contributed by atoms with Crippen LogP contribution in [0.4, 0.5) is 5.69 Å². The molecular formula is C20H19ClN2O2. The van der Waals surface area contributed by atoms with Crippen molar-refractivity contribution in [2.75, 3.05) is 5.32 Å². The molecule has 25 heavy (non-hydrogen) atoms. The number of carbonyl (C=O) groups excluding carboxylic acids is 1. The van der Waals surface area contributed by atoms with Gasteiger partial charge in [-0.1, -0.05) is 47.5 Å². The zero-order valence-electron chi connectivity index (χ0n) is 14.2. The second-order valence-corrected chi connectivity index (χ2v) is 6.42. The van der Waals surface area contributed by atoms with Gasteiger partial charge in [0.1, 0.15) is 0 Å². The second-order valence-electron chi connectivity index (χ2n) is 6.02. The molecule has 0 bridgehead atoms. The van der Waals surface area contributed by atoms with Gasteiger partial charge in [-0.15, -0.1) is 0 Å². The highest BCUT2D eigenvalue weighted by Crippen LogP contribution is 2.24. The van der Waals surface area contributed by atoms with Crippen LogP contribution in [0.25, 0.3) is 11.3 Å². The lowest BCUT2D eigenvalue weighted by atomic mass is 10.1. The van der Waals surface area contributed by atoms with Crippen molar-refractivity contribution in [3.63, 3.8) is 0 Å². The van der Waals surface area contributed by atoms with Gasteiger partial charge in [-0.25, -0.2) is 4.98 Å². The van der Waals surface area contributed by atoms with E-state index in [9.17, 15) is 4.79 Å². The van der Waals surface area contributed by atoms with Crippen molar-refractivity contribution in [3.05, 3.63) is 70.7 Å². The first kappa shape index (κ1) is 17.2. The van der Waals surface area contributed by atoms with Crippen molar-refractivity contribution >= 4 is 23.2 Å². The monoisotopic (exact) mass is 354 g/mol. The number of hydrogen-bond acceptors (Lipinski definition) is 3. The number of nitrogens with zero attached hydrogens (tertiary/aromatic N) is 1. The van der Waals surface area contributed by atoms with Crippen molar-refractivity contribution in [2.24, 2.45) is 0 Å². The van der Waals surface area contributed by atoms with E-state index in [4.69, 9.17) is 16.0 Å². The van der Waals surface area contributed by atoms with Crippen LogP contribution in [0.2, 0.25) is 5.02 Å². The quantitative estimate of drug-likeness (QED) is 0.686. The lowest BCUT2D eigenvalue weighted by Gasteiger charge is -2.07. The summed E-state index contributed by atoms with van der Waals surface area (Å²) in [4.78, 5) is 16.3. The Labute approximate surface area is 151 Å². The van der Waals surface area contributed by atoms with Crippen LogP contribution in [-0.4, -0.2) is 10.9 Å². The fourth-order valence-corrected chi connectivity index (χ4v) is 2.71. The van der Waals surface area contributed by atoms with E-state index >= 15 is 0 Å². The molecule has 0 radical (unpaired) electrons. The molecule has 0 fully saturated rings. The van der Waals surface area contributed by atoms with E-state index in [0.717, 1.165) is 11.1 Å². The van der Waals surface area contributed by atoms with Gasteiger partial charge in [0.25, 0.3) is 0 Å². The predicted molar refractivity (Wildman–Crippen MR) is 99.8 cm³/mol. The summed E-state index contributed by atoms with van der Waals surface area (Å²) >= 11 is 6.13. The minimum Gasteiger partial charge on any atom is -0.441 e. The Morgan fingerprint density at radius 2 is 1.84 bits per heavy atom. The molecular weight excluding hydrogens is 336 g/mol. The molecule has 0 saturated carbocycles. The Morgan fingerprint density at radius 1 is 1.12 bits per heavy atom. The summed E-state index contributed by atoms with van der Waals surface area (Å²) in [6.45, 7) is 3.99. The Balaban J connectivity index is 1.58. The van der Waals surface area contributed by atoms with Gasteiger partial charge >= 0.3 is 0 Å². The number of carbonyl (C=O) groups is 1. The molecule has 1 amide bonds. The zero-order valence-corrected chi connectivity index (χ0v) is 14.9. The van der Waals surface area contributed by atoms with E-state index in [1.807, 2.05) is 50.2 Å². The van der Waals surface area contributed by atoms with Crippen molar-refractivity contribution in [2.45, 2.75) is 26.7 Å². The van der Waals surface area contributed by atoms with Gasteiger partial charge in [0.2, 0.25) is 5.91 Å². The molecule has 0 aliphatic rings. The molecule has 0 unspecified atom stereocenters. The van der Waals surface area contributed by atoms with Crippen LogP contribution >= 0.6 is 11.6 Å². The molecule has 3 aromatic rings. The van der Waals surface area contributed by atoms with Gasteiger partial charge in [-0.05, 0) is 31.5 Å². The molecule has 0 saturated heterocycles. The molecule has 4 nitrogen and oxygen atoms in total. The van der Waals surface area contributed by atoms with E-state index in [0.29, 0.717) is 28.8 Å². The minimum atomic E-state index is -0.124. The Kier molecular flexibility index (Phi) is 5.19. The standard InChI is InChI=1S/C20H19ClN2O2/c1-13-3-6-15(7-4-13)18-12-22-20(25-18)10-9-19(24)23-17-8-5-14(2)11-16(17)21/h3-8,11-12H,9-10H2,1-2H3,(H,23,24). The predicted octanol–water partition coefficient (Wildman–Crippen LogP) is 5.18. The van der Waals surface area contributed by atoms with Gasteiger partial charge in [-0.2, -0.15) is 0 Å². The van der Waals surface area contributed by atoms with Crippen LogP contribution in [0.3, 0.4) is 0 Å². The van der Waals surface area contributed by atoms with Crippen LogP contribution in [0.5, 0.6) is 0 Å². The molecule has 0 atom stereocenters. The smallest absolute Gasteiger partial charge is 0.224 e. The summed E-state index contributed by atoms with van der Waals surface area (Å²) in [6, 6.07) is 13.6. The molecule has 0 aliphatic heterocycles. The molecule has 3 rings (SSSR count). The molecule has 1 heterocycles. The molecule has 1 N–H and O–H groups in total. The van der Waals surface area contributed by atoms with Crippen LogP contribution in [0, 0.1) is 13.8 Å². The third kappa shape index (κ3) is 4.48. The largest absolute Gasteiger partial charge is 0.441 e. The number of anilines is 1. The molecule has 2 aromatic carbocycles. The van der Waals surface area contributed by atoms with Gasteiger partial charge < -0.3 is 9.73 Å². The Bertz CT molecular complexity index is 885. The van der Waals surface area contributed by atoms with Crippen LogP contribution in [0.1, 0.15) is 23.4 Å². The maximum atomic E-state index is 12.1. The summed E-state index contributed by atoms with van der Waals surface area (Å²) in [7, 11) is 0. The number of oxazole rings is 1. The number of benzene rings is 2. The van der Waals surface area contributed by atoms with Gasteiger partial charge in [0.15, 0.2) is 11.7 Å². The second kappa shape index (κ2) is 7.53. The average Bonchev–Trinajstić information content (AvgIpc) is 3.05. The number of rotatable bonds is 5. The maximum Gasteiger partial charge on any atom is 0.224 e. The van der Waals surface area contributed by atoms with Crippen molar-refractivity contribution < 1.29 is 9.21 Å². The highest BCUT2D eigenvalue weighted by Gasteiger charge is 2.10. The zero-order chi connectivity index (χ0) is 17.8. The molecule has 0 aliphatic carbocycles. The first-order chi connectivity index (χ1) is 12.0. The molecule has 1 aromatic heterocycles. The van der Waals surface area contributed by atoms with Crippen LogP contribution < -0.4 is 5.32 Å². The van der Waals surface area contributed by atoms with Gasteiger partial charge in [0.05, 0.1) is 16.9 Å². The third-order valence-electron chi connectivity index (χ3n) is 3.85. The number of aromatic nitrogens is 1. The van der Waals surface area contributed by atoms with Gasteiger partial charge in [0, 0.05) is 18.4 Å².